The lowest BCUT2D eigenvalue weighted by Gasteiger charge is -2.20. The number of benzene rings is 1. The molecule has 1 aromatic heterocycles. The minimum atomic E-state index is -4.49. The van der Waals surface area contributed by atoms with Crippen LogP contribution in [0.25, 0.3) is 0 Å². The topological polar surface area (TPSA) is 88.3 Å². The Bertz CT molecular complexity index is 850. The van der Waals surface area contributed by atoms with Crippen LogP contribution < -0.4 is 5.32 Å². The van der Waals surface area contributed by atoms with Gasteiger partial charge in [-0.2, -0.15) is 13.2 Å². The summed E-state index contributed by atoms with van der Waals surface area (Å²) >= 11 is 0. The van der Waals surface area contributed by atoms with Crippen LogP contribution in [-0.4, -0.2) is 39.6 Å². The summed E-state index contributed by atoms with van der Waals surface area (Å²) in [5, 5.41) is 9.90. The molecular formula is C17H17F3N4O3. The van der Waals surface area contributed by atoms with E-state index in [0.717, 1.165) is 6.07 Å². The second-order valence-corrected chi connectivity index (χ2v) is 6.37. The number of nitrogens with zero attached hydrogens (tertiary/aromatic N) is 3. The number of carbonyl (C=O) groups is 2. The van der Waals surface area contributed by atoms with Gasteiger partial charge in [0.05, 0.1) is 18.0 Å². The zero-order valence-corrected chi connectivity index (χ0v) is 14.4. The maximum Gasteiger partial charge on any atom is 0.416 e. The predicted octanol–water partition coefficient (Wildman–Crippen LogP) is 1.86. The fraction of sp³-hybridized carbons (Fsp3) is 0.412. The molecule has 2 aromatic rings. The normalized spacial score (nSPS) is 17.4. The molecular weight excluding hydrogens is 365 g/mol. The second-order valence-electron chi connectivity index (χ2n) is 6.37. The van der Waals surface area contributed by atoms with Crippen molar-refractivity contribution < 1.29 is 27.4 Å². The third-order valence-corrected chi connectivity index (χ3v) is 4.34. The first-order valence-corrected chi connectivity index (χ1v) is 8.24. The zero-order valence-electron chi connectivity index (χ0n) is 14.4. The molecule has 1 atom stereocenters. The lowest BCUT2D eigenvalue weighted by molar-refractivity contribution is -0.139. The van der Waals surface area contributed by atoms with E-state index in [1.54, 1.807) is 6.92 Å². The maximum absolute atomic E-state index is 13.1. The molecule has 7 nitrogen and oxygen atoms in total. The number of alkyl halides is 3. The standard InChI is InChI=1S/C17H17F3N4O3/c1-10-14(23-27-22-10)7-15(25)21-12-6-16(26)24(9-12)8-11-4-2-3-5-13(11)17(18,19)20/h2-5,12H,6-9H2,1H3,(H,21,25). The summed E-state index contributed by atoms with van der Waals surface area (Å²) in [5.74, 6) is -0.666. The molecule has 0 aliphatic carbocycles. The molecule has 2 heterocycles. The number of likely N-dealkylation sites (tertiary alicyclic amines) is 1. The Kier molecular flexibility index (Phi) is 5.15. The molecule has 3 rings (SSSR count). The van der Waals surface area contributed by atoms with Crippen LogP contribution in [-0.2, 0) is 28.7 Å². The van der Waals surface area contributed by atoms with Crippen LogP contribution in [0, 0.1) is 6.92 Å². The van der Waals surface area contributed by atoms with Gasteiger partial charge < -0.3 is 10.2 Å². The van der Waals surface area contributed by atoms with Gasteiger partial charge in [-0.25, -0.2) is 4.63 Å². The van der Waals surface area contributed by atoms with E-state index in [9.17, 15) is 22.8 Å². The Hall–Kier alpha value is -2.91. The fourth-order valence-corrected chi connectivity index (χ4v) is 3.00. The molecule has 27 heavy (non-hydrogen) atoms. The summed E-state index contributed by atoms with van der Waals surface area (Å²) in [7, 11) is 0. The van der Waals surface area contributed by atoms with E-state index >= 15 is 0 Å². The number of aryl methyl sites for hydroxylation is 1. The first kappa shape index (κ1) is 18.9. The van der Waals surface area contributed by atoms with Crippen molar-refractivity contribution in [2.75, 3.05) is 6.54 Å². The van der Waals surface area contributed by atoms with Gasteiger partial charge in [0.1, 0.15) is 11.4 Å². The molecule has 0 bridgehead atoms. The van der Waals surface area contributed by atoms with E-state index in [-0.39, 0.29) is 43.3 Å². The molecule has 1 unspecified atom stereocenters. The molecule has 1 fully saturated rings. The molecule has 1 N–H and O–H groups in total. The quantitative estimate of drug-likeness (QED) is 0.853. The van der Waals surface area contributed by atoms with Crippen molar-refractivity contribution in [3.63, 3.8) is 0 Å². The van der Waals surface area contributed by atoms with Crippen LogP contribution in [0.4, 0.5) is 13.2 Å². The van der Waals surface area contributed by atoms with Gasteiger partial charge in [-0.15, -0.1) is 0 Å². The largest absolute Gasteiger partial charge is 0.416 e. The summed E-state index contributed by atoms with van der Waals surface area (Å²) < 4.78 is 43.8. The van der Waals surface area contributed by atoms with Gasteiger partial charge in [0, 0.05) is 19.5 Å². The van der Waals surface area contributed by atoms with E-state index < -0.39 is 17.8 Å². The average molecular weight is 382 g/mol. The van der Waals surface area contributed by atoms with Crippen LogP contribution in [0.2, 0.25) is 0 Å². The number of amides is 2. The Morgan fingerprint density at radius 3 is 2.74 bits per heavy atom. The Morgan fingerprint density at radius 2 is 2.07 bits per heavy atom. The van der Waals surface area contributed by atoms with Crippen LogP contribution >= 0.6 is 0 Å². The lowest BCUT2D eigenvalue weighted by atomic mass is 10.1. The highest BCUT2D eigenvalue weighted by Gasteiger charge is 2.36. The molecule has 1 aliphatic heterocycles. The van der Waals surface area contributed by atoms with Crippen molar-refractivity contribution in [1.82, 2.24) is 20.5 Å². The molecule has 1 aliphatic rings. The van der Waals surface area contributed by atoms with Gasteiger partial charge in [0.25, 0.3) is 0 Å². The molecule has 2 amide bonds. The van der Waals surface area contributed by atoms with Crippen LogP contribution in [0.5, 0.6) is 0 Å². The number of carbonyl (C=O) groups excluding carboxylic acids is 2. The predicted molar refractivity (Wildman–Crippen MR) is 86.1 cm³/mol. The highest BCUT2D eigenvalue weighted by Crippen LogP contribution is 2.32. The van der Waals surface area contributed by atoms with Gasteiger partial charge >= 0.3 is 6.18 Å². The number of nitrogens with one attached hydrogen (secondary N) is 1. The van der Waals surface area contributed by atoms with Gasteiger partial charge in [-0.05, 0) is 18.6 Å². The van der Waals surface area contributed by atoms with E-state index in [0.29, 0.717) is 11.4 Å². The van der Waals surface area contributed by atoms with E-state index in [4.69, 9.17) is 0 Å². The van der Waals surface area contributed by atoms with Crippen molar-refractivity contribution in [3.8, 4) is 0 Å². The first-order valence-electron chi connectivity index (χ1n) is 8.24. The summed E-state index contributed by atoms with van der Waals surface area (Å²) in [5.41, 5.74) is 0.153. The van der Waals surface area contributed by atoms with Gasteiger partial charge in [0.2, 0.25) is 11.8 Å². The number of rotatable bonds is 5. The molecule has 0 saturated carbocycles. The van der Waals surface area contributed by atoms with Crippen molar-refractivity contribution in [1.29, 1.82) is 0 Å². The number of halogens is 3. The minimum absolute atomic E-state index is 0.0228. The maximum atomic E-state index is 13.1. The van der Waals surface area contributed by atoms with Crippen molar-refractivity contribution in [2.24, 2.45) is 0 Å². The lowest BCUT2D eigenvalue weighted by Crippen LogP contribution is -2.38. The smallest absolute Gasteiger partial charge is 0.351 e. The Balaban J connectivity index is 1.61. The van der Waals surface area contributed by atoms with Gasteiger partial charge in [-0.3, -0.25) is 9.59 Å². The minimum Gasteiger partial charge on any atom is -0.351 e. The van der Waals surface area contributed by atoms with E-state index in [1.807, 2.05) is 0 Å². The second kappa shape index (κ2) is 7.37. The summed E-state index contributed by atoms with van der Waals surface area (Å²) in [4.78, 5) is 25.6. The third kappa shape index (κ3) is 4.44. The number of hydrogen-bond acceptors (Lipinski definition) is 5. The van der Waals surface area contributed by atoms with Gasteiger partial charge in [0.15, 0.2) is 0 Å². The molecule has 144 valence electrons. The van der Waals surface area contributed by atoms with E-state index in [1.165, 1.54) is 23.1 Å². The van der Waals surface area contributed by atoms with Gasteiger partial charge in [-0.1, -0.05) is 28.5 Å². The van der Waals surface area contributed by atoms with Crippen LogP contribution in [0.15, 0.2) is 28.9 Å². The third-order valence-electron chi connectivity index (χ3n) is 4.34. The first-order chi connectivity index (χ1) is 12.7. The monoisotopic (exact) mass is 382 g/mol. The average Bonchev–Trinajstić information content (AvgIpc) is 3.13. The SMILES string of the molecule is Cc1nonc1CC(=O)NC1CC(=O)N(Cc2ccccc2C(F)(F)F)C1. The summed E-state index contributed by atoms with van der Waals surface area (Å²) in [6.45, 7) is 1.64. The zero-order chi connectivity index (χ0) is 19.6. The molecule has 10 heteroatoms. The van der Waals surface area contributed by atoms with Crippen LogP contribution in [0.1, 0.15) is 28.9 Å². The number of aromatic nitrogens is 2. The molecule has 1 aromatic carbocycles. The summed E-state index contributed by atoms with van der Waals surface area (Å²) in [6.07, 6.45) is -4.50. The molecule has 1 saturated heterocycles. The van der Waals surface area contributed by atoms with Crippen molar-refractivity contribution in [3.05, 3.63) is 46.8 Å². The van der Waals surface area contributed by atoms with E-state index in [2.05, 4.69) is 20.3 Å². The Morgan fingerprint density at radius 1 is 1.33 bits per heavy atom. The highest BCUT2D eigenvalue weighted by molar-refractivity contribution is 5.83. The fourth-order valence-electron chi connectivity index (χ4n) is 3.00. The molecule has 0 spiro atoms. The Labute approximate surface area is 152 Å². The molecule has 0 radical (unpaired) electrons. The summed E-state index contributed by atoms with van der Waals surface area (Å²) in [6, 6.07) is 4.68. The highest BCUT2D eigenvalue weighted by atomic mass is 19.4. The van der Waals surface area contributed by atoms with Crippen LogP contribution in [0.3, 0.4) is 0 Å². The number of hydrogen-bond donors (Lipinski definition) is 1. The van der Waals surface area contributed by atoms with Crippen molar-refractivity contribution in [2.45, 2.75) is 38.5 Å². The van der Waals surface area contributed by atoms with Crippen molar-refractivity contribution >= 4 is 11.8 Å².